The molecular weight excluding hydrogens is 472 g/mol. The van der Waals surface area contributed by atoms with Gasteiger partial charge in [0.2, 0.25) is 0 Å². The molecule has 1 N–H and O–H groups in total. The van der Waals surface area contributed by atoms with Gasteiger partial charge in [0.1, 0.15) is 0 Å². The molecule has 0 radical (unpaired) electrons. The summed E-state index contributed by atoms with van der Waals surface area (Å²) in [5.41, 5.74) is 6.04. The standard InChI is InChI=1S/C37H58N2/c1-7-8-9-14-17-24-36(3,4)25-18-15-12-10-11-13-16-21-31(2)28-32-22-19-23-34-35(32)33(30-38-34)29-37(5)26-20-27-39(37)6/h17-19,22-25,30,38H,2,7-16,20-21,26-29H2,1,3-6H3/b24-17-,25-18-. The van der Waals surface area contributed by atoms with Gasteiger partial charge in [-0.2, -0.15) is 0 Å². The van der Waals surface area contributed by atoms with Crippen molar-refractivity contribution >= 4 is 10.9 Å². The topological polar surface area (TPSA) is 19.0 Å². The Morgan fingerprint density at radius 2 is 1.69 bits per heavy atom. The largest absolute Gasteiger partial charge is 0.361 e. The maximum absolute atomic E-state index is 4.48. The van der Waals surface area contributed by atoms with Crippen molar-refractivity contribution in [1.29, 1.82) is 0 Å². The molecule has 2 heterocycles. The summed E-state index contributed by atoms with van der Waals surface area (Å²) in [6.07, 6.45) is 30.7. The number of H-pyrrole nitrogens is 1. The fraction of sp³-hybridized carbons (Fsp3) is 0.622. The van der Waals surface area contributed by atoms with Gasteiger partial charge in [0.25, 0.3) is 0 Å². The van der Waals surface area contributed by atoms with Crippen molar-refractivity contribution < 1.29 is 0 Å². The van der Waals surface area contributed by atoms with Gasteiger partial charge in [-0.15, -0.1) is 0 Å². The fourth-order valence-electron chi connectivity index (χ4n) is 6.28. The van der Waals surface area contributed by atoms with E-state index in [1.165, 1.54) is 111 Å². The maximum Gasteiger partial charge on any atom is 0.0459 e. The number of likely N-dealkylation sites (tertiary alicyclic amines) is 1. The van der Waals surface area contributed by atoms with Crippen LogP contribution in [0.25, 0.3) is 10.9 Å². The van der Waals surface area contributed by atoms with Crippen molar-refractivity contribution in [2.45, 2.75) is 130 Å². The number of likely N-dealkylation sites (N-methyl/N-ethyl adjacent to an activating group) is 1. The van der Waals surface area contributed by atoms with Gasteiger partial charge < -0.3 is 9.88 Å². The number of hydrogen-bond donors (Lipinski definition) is 1. The third-order valence-electron chi connectivity index (χ3n) is 8.99. The Morgan fingerprint density at radius 1 is 1.00 bits per heavy atom. The summed E-state index contributed by atoms with van der Waals surface area (Å²) in [6.45, 7) is 15.0. The Bertz CT molecular complexity index is 1070. The third-order valence-corrected chi connectivity index (χ3v) is 8.99. The number of nitrogens with one attached hydrogen (secondary N) is 1. The Morgan fingerprint density at radius 3 is 2.38 bits per heavy atom. The molecule has 1 aliphatic heterocycles. The van der Waals surface area contributed by atoms with Crippen LogP contribution in [0.5, 0.6) is 0 Å². The van der Waals surface area contributed by atoms with E-state index in [4.69, 9.17) is 0 Å². The zero-order chi connectivity index (χ0) is 28.1. The van der Waals surface area contributed by atoms with Crippen LogP contribution < -0.4 is 0 Å². The van der Waals surface area contributed by atoms with Gasteiger partial charge in [0.05, 0.1) is 0 Å². The summed E-state index contributed by atoms with van der Waals surface area (Å²) in [5.74, 6) is 0. The predicted octanol–water partition coefficient (Wildman–Crippen LogP) is 10.7. The van der Waals surface area contributed by atoms with Crippen LogP contribution in [0.2, 0.25) is 0 Å². The van der Waals surface area contributed by atoms with Crippen molar-refractivity contribution in [1.82, 2.24) is 9.88 Å². The minimum Gasteiger partial charge on any atom is -0.361 e. The van der Waals surface area contributed by atoms with Crippen molar-refractivity contribution in [2.75, 3.05) is 13.6 Å². The Balaban J connectivity index is 1.35. The highest BCUT2D eigenvalue weighted by Crippen LogP contribution is 2.34. The lowest BCUT2D eigenvalue weighted by molar-refractivity contribution is 0.195. The van der Waals surface area contributed by atoms with E-state index in [2.05, 4.69) is 99.9 Å². The zero-order valence-corrected chi connectivity index (χ0v) is 26.1. The molecule has 2 heteroatoms. The van der Waals surface area contributed by atoms with Crippen molar-refractivity contribution in [3.05, 3.63) is 72.0 Å². The number of hydrogen-bond acceptors (Lipinski definition) is 1. The van der Waals surface area contributed by atoms with Gasteiger partial charge in [-0.3, -0.25) is 0 Å². The summed E-state index contributed by atoms with van der Waals surface area (Å²) in [7, 11) is 2.29. The first-order valence-corrected chi connectivity index (χ1v) is 16.1. The van der Waals surface area contributed by atoms with E-state index in [9.17, 15) is 0 Å². The Hall–Kier alpha value is -2.06. The molecule has 1 fully saturated rings. The van der Waals surface area contributed by atoms with E-state index in [0.717, 1.165) is 19.3 Å². The lowest BCUT2D eigenvalue weighted by atomic mass is 9.88. The zero-order valence-electron chi connectivity index (χ0n) is 26.1. The molecule has 1 unspecified atom stereocenters. The van der Waals surface area contributed by atoms with Crippen LogP contribution in [-0.4, -0.2) is 29.0 Å². The minimum absolute atomic E-state index is 0.183. The van der Waals surface area contributed by atoms with Gasteiger partial charge in [-0.1, -0.05) is 101 Å². The summed E-state index contributed by atoms with van der Waals surface area (Å²) >= 11 is 0. The molecule has 0 aliphatic carbocycles. The van der Waals surface area contributed by atoms with Gasteiger partial charge in [-0.05, 0) is 102 Å². The highest BCUT2D eigenvalue weighted by atomic mass is 15.2. The van der Waals surface area contributed by atoms with E-state index < -0.39 is 0 Å². The molecule has 0 amide bonds. The third kappa shape index (κ3) is 10.1. The average molecular weight is 531 g/mol. The first-order valence-electron chi connectivity index (χ1n) is 16.1. The second-order valence-corrected chi connectivity index (χ2v) is 13.2. The number of unbranched alkanes of at least 4 members (excludes halogenated alkanes) is 8. The first-order chi connectivity index (χ1) is 18.7. The summed E-state index contributed by atoms with van der Waals surface area (Å²) in [4.78, 5) is 6.11. The van der Waals surface area contributed by atoms with Gasteiger partial charge >= 0.3 is 0 Å². The summed E-state index contributed by atoms with van der Waals surface area (Å²) in [5, 5.41) is 1.45. The number of rotatable bonds is 18. The minimum atomic E-state index is 0.183. The van der Waals surface area contributed by atoms with Crippen LogP contribution >= 0.6 is 0 Å². The van der Waals surface area contributed by atoms with Gasteiger partial charge in [0, 0.05) is 28.1 Å². The second-order valence-electron chi connectivity index (χ2n) is 13.2. The molecule has 0 bridgehead atoms. The maximum atomic E-state index is 4.48. The number of allylic oxidation sites excluding steroid dienone is 5. The number of benzene rings is 1. The average Bonchev–Trinajstić information content (AvgIpc) is 3.45. The highest BCUT2D eigenvalue weighted by molar-refractivity contribution is 5.87. The van der Waals surface area contributed by atoms with E-state index in [0.29, 0.717) is 0 Å². The smallest absolute Gasteiger partial charge is 0.0459 e. The van der Waals surface area contributed by atoms with E-state index in [-0.39, 0.29) is 11.0 Å². The molecule has 216 valence electrons. The number of fused-ring (bicyclic) bond motifs is 1. The first kappa shape index (κ1) is 31.5. The van der Waals surface area contributed by atoms with Crippen molar-refractivity contribution in [3.8, 4) is 0 Å². The molecule has 1 aliphatic rings. The van der Waals surface area contributed by atoms with Gasteiger partial charge in [0.15, 0.2) is 0 Å². The van der Waals surface area contributed by atoms with Crippen LogP contribution in [-0.2, 0) is 12.8 Å². The summed E-state index contributed by atoms with van der Waals surface area (Å²) in [6, 6.07) is 6.75. The molecule has 2 aromatic rings. The molecule has 0 saturated carbocycles. The highest BCUT2D eigenvalue weighted by Gasteiger charge is 2.34. The quantitative estimate of drug-likeness (QED) is 0.150. The molecule has 1 saturated heterocycles. The van der Waals surface area contributed by atoms with Crippen LogP contribution in [0.1, 0.15) is 122 Å². The van der Waals surface area contributed by atoms with Crippen molar-refractivity contribution in [2.24, 2.45) is 5.41 Å². The summed E-state index contributed by atoms with van der Waals surface area (Å²) < 4.78 is 0. The monoisotopic (exact) mass is 530 g/mol. The lowest BCUT2D eigenvalue weighted by Crippen LogP contribution is -2.40. The number of aromatic amines is 1. The predicted molar refractivity (Wildman–Crippen MR) is 174 cm³/mol. The lowest BCUT2D eigenvalue weighted by Gasteiger charge is -2.32. The molecule has 1 aromatic carbocycles. The van der Waals surface area contributed by atoms with Crippen molar-refractivity contribution in [3.63, 3.8) is 0 Å². The molecule has 3 rings (SSSR count). The molecular formula is C37H58N2. The molecule has 0 spiro atoms. The molecule has 2 nitrogen and oxygen atoms in total. The number of nitrogens with zero attached hydrogens (tertiary/aromatic N) is 1. The fourth-order valence-corrected chi connectivity index (χ4v) is 6.28. The van der Waals surface area contributed by atoms with Crippen LogP contribution in [0, 0.1) is 5.41 Å². The van der Waals surface area contributed by atoms with Gasteiger partial charge in [-0.25, -0.2) is 0 Å². The Kier molecular flexibility index (Phi) is 12.6. The molecule has 39 heavy (non-hydrogen) atoms. The van der Waals surface area contributed by atoms with Crippen LogP contribution in [0.3, 0.4) is 0 Å². The van der Waals surface area contributed by atoms with E-state index in [1.807, 2.05) is 0 Å². The van der Waals surface area contributed by atoms with E-state index in [1.54, 1.807) is 0 Å². The molecule has 1 aromatic heterocycles. The Labute approximate surface area is 241 Å². The second kappa shape index (κ2) is 15.7. The SMILES string of the molecule is C=C(CCCCCCC/C=C\C(C)(C)/C=C\CCCCC)Cc1cccc2[nH]cc(CC3(C)CCCN3C)c12. The van der Waals surface area contributed by atoms with Crippen LogP contribution in [0.4, 0.5) is 0 Å². The normalized spacial score (nSPS) is 18.8. The number of aromatic nitrogens is 1. The van der Waals surface area contributed by atoms with E-state index >= 15 is 0 Å². The van der Waals surface area contributed by atoms with Crippen LogP contribution in [0.15, 0.2) is 60.9 Å². The molecule has 1 atom stereocenters.